The number of fused-ring (bicyclic) bond motifs is 3. The van der Waals surface area contributed by atoms with Crippen molar-refractivity contribution in [3.05, 3.63) is 53.6 Å². The first-order chi connectivity index (χ1) is 9.35. The molecular weight excluding hydrogens is 230 g/mol. The molecule has 1 heteroatoms. The van der Waals surface area contributed by atoms with Crippen molar-refractivity contribution in [3.63, 3.8) is 0 Å². The molecule has 2 aromatic carbocycles. The molecule has 0 unspecified atom stereocenters. The van der Waals surface area contributed by atoms with Gasteiger partial charge in [-0.2, -0.15) is 0 Å². The van der Waals surface area contributed by atoms with Crippen LogP contribution < -0.4 is 4.90 Å². The molecule has 0 saturated carbocycles. The maximum absolute atomic E-state index is 2.50. The monoisotopic (exact) mass is 251 g/mol. The molecule has 0 amide bonds. The molecule has 98 valence electrons. The third kappa shape index (κ3) is 2.03. The van der Waals surface area contributed by atoms with Crippen LogP contribution in [-0.4, -0.2) is 13.1 Å². The molecule has 0 atom stereocenters. The van der Waals surface area contributed by atoms with E-state index in [2.05, 4.69) is 61.2 Å². The summed E-state index contributed by atoms with van der Waals surface area (Å²) in [5, 5.41) is 0. The van der Waals surface area contributed by atoms with Gasteiger partial charge in [-0.05, 0) is 41.7 Å². The zero-order valence-electron chi connectivity index (χ0n) is 11.8. The minimum Gasteiger partial charge on any atom is -0.372 e. The van der Waals surface area contributed by atoms with E-state index in [-0.39, 0.29) is 0 Å². The van der Waals surface area contributed by atoms with Gasteiger partial charge in [0.1, 0.15) is 0 Å². The average molecular weight is 251 g/mol. The van der Waals surface area contributed by atoms with Gasteiger partial charge in [-0.15, -0.1) is 0 Å². The molecule has 0 aliphatic heterocycles. The van der Waals surface area contributed by atoms with Crippen molar-refractivity contribution in [2.45, 2.75) is 26.7 Å². The quantitative estimate of drug-likeness (QED) is 0.660. The molecular formula is C18H21N. The Morgan fingerprint density at radius 1 is 0.947 bits per heavy atom. The molecule has 19 heavy (non-hydrogen) atoms. The Morgan fingerprint density at radius 3 is 2.53 bits per heavy atom. The molecule has 0 heterocycles. The lowest BCUT2D eigenvalue weighted by atomic mass is 10.0. The maximum atomic E-state index is 2.50. The second kappa shape index (κ2) is 5.08. The number of anilines is 1. The fraction of sp³-hybridized carbons (Fsp3) is 0.333. The number of hydrogen-bond donors (Lipinski definition) is 0. The van der Waals surface area contributed by atoms with Crippen molar-refractivity contribution >= 4 is 5.69 Å². The van der Waals surface area contributed by atoms with Crippen LogP contribution in [0.4, 0.5) is 5.69 Å². The van der Waals surface area contributed by atoms with E-state index in [1.54, 1.807) is 0 Å². The Labute approximate surface area is 115 Å². The standard InChI is InChI=1S/C18H21N/c1-3-12-19(4-2)18-11-7-10-16-15-9-6-5-8-14(15)13-17(16)18/h5-11H,3-4,12-13H2,1-2H3. The highest BCUT2D eigenvalue weighted by Crippen LogP contribution is 2.41. The van der Waals surface area contributed by atoms with E-state index in [1.165, 1.54) is 34.4 Å². The number of nitrogens with zero attached hydrogens (tertiary/aromatic N) is 1. The summed E-state index contributed by atoms with van der Waals surface area (Å²) in [4.78, 5) is 2.50. The van der Waals surface area contributed by atoms with Gasteiger partial charge in [0.05, 0.1) is 0 Å². The van der Waals surface area contributed by atoms with E-state index in [4.69, 9.17) is 0 Å². The Balaban J connectivity index is 2.07. The fourth-order valence-corrected chi connectivity index (χ4v) is 3.16. The summed E-state index contributed by atoms with van der Waals surface area (Å²) in [5.74, 6) is 0. The first-order valence-corrected chi connectivity index (χ1v) is 7.30. The molecule has 0 fully saturated rings. The fourth-order valence-electron chi connectivity index (χ4n) is 3.16. The van der Waals surface area contributed by atoms with Crippen LogP contribution in [0.1, 0.15) is 31.4 Å². The van der Waals surface area contributed by atoms with Gasteiger partial charge >= 0.3 is 0 Å². The number of benzene rings is 2. The predicted octanol–water partition coefficient (Wildman–Crippen LogP) is 4.49. The normalized spacial score (nSPS) is 12.1. The molecule has 0 aromatic heterocycles. The summed E-state index contributed by atoms with van der Waals surface area (Å²) in [5.41, 5.74) is 7.27. The number of hydrogen-bond acceptors (Lipinski definition) is 1. The van der Waals surface area contributed by atoms with Crippen LogP contribution in [0, 0.1) is 0 Å². The maximum Gasteiger partial charge on any atom is 0.0408 e. The van der Waals surface area contributed by atoms with Crippen LogP contribution in [0.2, 0.25) is 0 Å². The first-order valence-electron chi connectivity index (χ1n) is 7.30. The molecule has 0 saturated heterocycles. The summed E-state index contributed by atoms with van der Waals surface area (Å²) < 4.78 is 0. The summed E-state index contributed by atoms with van der Waals surface area (Å²) in [6, 6.07) is 15.6. The molecule has 1 nitrogen and oxygen atoms in total. The zero-order valence-corrected chi connectivity index (χ0v) is 11.8. The molecule has 1 aliphatic carbocycles. The molecule has 0 spiro atoms. The highest BCUT2D eigenvalue weighted by atomic mass is 15.1. The van der Waals surface area contributed by atoms with Gasteiger partial charge in [-0.25, -0.2) is 0 Å². The van der Waals surface area contributed by atoms with E-state index in [0.717, 1.165) is 19.5 Å². The topological polar surface area (TPSA) is 3.24 Å². The Hall–Kier alpha value is -1.76. The molecule has 3 rings (SSSR count). The van der Waals surface area contributed by atoms with E-state index in [1.807, 2.05) is 0 Å². The van der Waals surface area contributed by atoms with Crippen LogP contribution >= 0.6 is 0 Å². The highest BCUT2D eigenvalue weighted by Gasteiger charge is 2.22. The van der Waals surface area contributed by atoms with Gasteiger partial charge in [0.2, 0.25) is 0 Å². The summed E-state index contributed by atoms with van der Waals surface area (Å²) >= 11 is 0. The van der Waals surface area contributed by atoms with Crippen molar-refractivity contribution in [1.82, 2.24) is 0 Å². The minimum absolute atomic E-state index is 1.08. The summed E-state index contributed by atoms with van der Waals surface area (Å²) in [6.07, 6.45) is 2.28. The lowest BCUT2D eigenvalue weighted by Crippen LogP contribution is -2.24. The third-order valence-electron chi connectivity index (χ3n) is 4.04. The van der Waals surface area contributed by atoms with Gasteiger partial charge in [0.15, 0.2) is 0 Å². The second-order valence-corrected chi connectivity index (χ2v) is 5.22. The largest absolute Gasteiger partial charge is 0.372 e. The van der Waals surface area contributed by atoms with Crippen molar-refractivity contribution in [2.75, 3.05) is 18.0 Å². The minimum atomic E-state index is 1.08. The van der Waals surface area contributed by atoms with Crippen LogP contribution in [-0.2, 0) is 6.42 Å². The number of rotatable bonds is 4. The zero-order chi connectivity index (χ0) is 13.2. The smallest absolute Gasteiger partial charge is 0.0408 e. The SMILES string of the molecule is CCCN(CC)c1cccc2c1Cc1ccccc1-2. The third-order valence-corrected chi connectivity index (χ3v) is 4.04. The van der Waals surface area contributed by atoms with E-state index in [9.17, 15) is 0 Å². The van der Waals surface area contributed by atoms with Gasteiger partial charge in [-0.1, -0.05) is 43.3 Å². The van der Waals surface area contributed by atoms with Gasteiger partial charge in [0.25, 0.3) is 0 Å². The lowest BCUT2D eigenvalue weighted by Gasteiger charge is -2.25. The van der Waals surface area contributed by atoms with Crippen molar-refractivity contribution < 1.29 is 0 Å². The van der Waals surface area contributed by atoms with Gasteiger partial charge in [0, 0.05) is 25.2 Å². The van der Waals surface area contributed by atoms with E-state index < -0.39 is 0 Å². The molecule has 0 radical (unpaired) electrons. The Morgan fingerprint density at radius 2 is 1.74 bits per heavy atom. The second-order valence-electron chi connectivity index (χ2n) is 5.22. The summed E-state index contributed by atoms with van der Waals surface area (Å²) in [7, 11) is 0. The predicted molar refractivity (Wildman–Crippen MR) is 82.9 cm³/mol. The Bertz CT molecular complexity index is 586. The van der Waals surface area contributed by atoms with Gasteiger partial charge in [-0.3, -0.25) is 0 Å². The molecule has 1 aliphatic rings. The van der Waals surface area contributed by atoms with Crippen molar-refractivity contribution in [1.29, 1.82) is 0 Å². The van der Waals surface area contributed by atoms with E-state index in [0.29, 0.717) is 0 Å². The van der Waals surface area contributed by atoms with Crippen molar-refractivity contribution in [2.24, 2.45) is 0 Å². The van der Waals surface area contributed by atoms with Crippen LogP contribution in [0.25, 0.3) is 11.1 Å². The van der Waals surface area contributed by atoms with Gasteiger partial charge < -0.3 is 4.90 Å². The first kappa shape index (κ1) is 12.3. The van der Waals surface area contributed by atoms with Crippen LogP contribution in [0.15, 0.2) is 42.5 Å². The highest BCUT2D eigenvalue weighted by molar-refractivity contribution is 5.82. The average Bonchev–Trinajstić information content (AvgIpc) is 2.83. The summed E-state index contributed by atoms with van der Waals surface area (Å²) in [6.45, 7) is 6.72. The lowest BCUT2D eigenvalue weighted by molar-refractivity contribution is 0.788. The van der Waals surface area contributed by atoms with Crippen LogP contribution in [0.3, 0.4) is 0 Å². The van der Waals surface area contributed by atoms with Crippen molar-refractivity contribution in [3.8, 4) is 11.1 Å². The van der Waals surface area contributed by atoms with Crippen LogP contribution in [0.5, 0.6) is 0 Å². The molecule has 2 aromatic rings. The van der Waals surface area contributed by atoms with E-state index >= 15 is 0 Å². The Kier molecular flexibility index (Phi) is 3.29. The molecule has 0 bridgehead atoms. The molecule has 0 N–H and O–H groups in total.